The van der Waals surface area contributed by atoms with Crippen LogP contribution in [0, 0.1) is 28.9 Å². The van der Waals surface area contributed by atoms with Gasteiger partial charge >= 0.3 is 5.97 Å². The van der Waals surface area contributed by atoms with Gasteiger partial charge in [-0.3, -0.25) is 14.0 Å². The molecule has 0 saturated heterocycles. The third-order valence-corrected chi connectivity index (χ3v) is 6.99. The molecule has 0 radical (unpaired) electrons. The lowest BCUT2D eigenvalue weighted by atomic mass is 10.2. The van der Waals surface area contributed by atoms with E-state index in [0.29, 0.717) is 22.5 Å². The molecular weight excluding hydrogens is 482 g/mol. The molecule has 2 heterocycles. The van der Waals surface area contributed by atoms with E-state index >= 15 is 8.78 Å². The lowest BCUT2D eigenvalue weighted by Crippen LogP contribution is -2.11. The van der Waals surface area contributed by atoms with Crippen LogP contribution in [0.3, 0.4) is 0 Å². The second-order valence-corrected chi connectivity index (χ2v) is 9.26. The van der Waals surface area contributed by atoms with Crippen molar-refractivity contribution in [2.75, 3.05) is 0 Å². The maximum Gasteiger partial charge on any atom is 0.314 e. The average molecular weight is 499 g/mol. The highest BCUT2D eigenvalue weighted by Gasteiger charge is 2.32. The first-order valence-corrected chi connectivity index (χ1v) is 11.8. The number of halogens is 3. The highest BCUT2D eigenvalue weighted by atomic mass is 35.5. The van der Waals surface area contributed by atoms with E-state index in [9.17, 15) is 10.1 Å². The van der Waals surface area contributed by atoms with Crippen LogP contribution in [0.4, 0.5) is 8.78 Å². The molecule has 4 aromatic rings. The predicted octanol–water partition coefficient (Wildman–Crippen LogP) is 6.12. The van der Waals surface area contributed by atoms with Crippen LogP contribution >= 0.6 is 23.4 Å². The Bertz CT molecular complexity index is 1490. The van der Waals surface area contributed by atoms with Crippen molar-refractivity contribution in [2.24, 2.45) is 5.92 Å². The summed E-state index contributed by atoms with van der Waals surface area (Å²) in [6, 6.07) is 9.58. The first kappa shape index (κ1) is 22.4. The minimum absolute atomic E-state index is 0.0962. The van der Waals surface area contributed by atoms with Crippen LogP contribution in [0.2, 0.25) is 5.02 Å². The number of aryl methyl sites for hydroxylation is 1. The van der Waals surface area contributed by atoms with Crippen LogP contribution in [-0.4, -0.2) is 20.3 Å². The van der Waals surface area contributed by atoms with Gasteiger partial charge in [0, 0.05) is 18.1 Å². The molecule has 0 unspecified atom stereocenters. The Morgan fingerprint density at radius 3 is 2.76 bits per heavy atom. The molecule has 34 heavy (non-hydrogen) atoms. The lowest BCUT2D eigenvalue weighted by molar-refractivity contribution is -0.136. The number of carbonyl (C=O) groups excluding carboxylic acids is 1. The molecule has 1 aliphatic carbocycles. The van der Waals surface area contributed by atoms with Gasteiger partial charge in [-0.05, 0) is 44.0 Å². The molecule has 2 aromatic heterocycles. The van der Waals surface area contributed by atoms with Crippen molar-refractivity contribution in [2.45, 2.75) is 36.1 Å². The fourth-order valence-corrected chi connectivity index (χ4v) is 4.87. The zero-order valence-electron chi connectivity index (χ0n) is 17.9. The maximum atomic E-state index is 15.3. The molecule has 10 heteroatoms. The zero-order chi connectivity index (χ0) is 24.0. The number of hydrogen-bond donors (Lipinski definition) is 0. The maximum absolute atomic E-state index is 15.3. The number of esters is 1. The van der Waals surface area contributed by atoms with E-state index < -0.39 is 17.6 Å². The summed E-state index contributed by atoms with van der Waals surface area (Å²) in [6.45, 7) is 2.49. The van der Waals surface area contributed by atoms with Crippen LogP contribution in [0.25, 0.3) is 16.6 Å². The number of nitriles is 1. The summed E-state index contributed by atoms with van der Waals surface area (Å²) in [4.78, 5) is 12.5. The number of carbonyl (C=O) groups is 1. The van der Waals surface area contributed by atoms with Gasteiger partial charge in [-0.2, -0.15) is 10.4 Å². The van der Waals surface area contributed by atoms with E-state index in [2.05, 4.69) is 11.2 Å². The van der Waals surface area contributed by atoms with Gasteiger partial charge in [-0.25, -0.2) is 8.78 Å². The van der Waals surface area contributed by atoms with Crippen molar-refractivity contribution in [3.63, 3.8) is 0 Å². The van der Waals surface area contributed by atoms with Crippen molar-refractivity contribution in [3.05, 3.63) is 65.1 Å². The number of aromatic nitrogens is 3. The van der Waals surface area contributed by atoms with Gasteiger partial charge in [0.25, 0.3) is 0 Å². The smallest absolute Gasteiger partial charge is 0.314 e. The lowest BCUT2D eigenvalue weighted by Gasteiger charge is -2.09. The van der Waals surface area contributed by atoms with Gasteiger partial charge in [0.1, 0.15) is 11.8 Å². The molecule has 1 fully saturated rings. The summed E-state index contributed by atoms with van der Waals surface area (Å²) in [5, 5.41) is 14.6. The van der Waals surface area contributed by atoms with Crippen molar-refractivity contribution in [1.29, 1.82) is 5.26 Å². The number of ether oxygens (including phenoxy) is 1. The number of nitrogens with zero attached hydrogens (tertiary/aromatic N) is 4. The summed E-state index contributed by atoms with van der Waals surface area (Å²) in [6.07, 6.45) is 4.69. The van der Waals surface area contributed by atoms with Crippen molar-refractivity contribution < 1.29 is 18.3 Å². The van der Waals surface area contributed by atoms with Crippen molar-refractivity contribution in [3.8, 4) is 17.5 Å². The highest BCUT2D eigenvalue weighted by molar-refractivity contribution is 7.99. The van der Waals surface area contributed by atoms with E-state index in [-0.39, 0.29) is 32.8 Å². The highest BCUT2D eigenvalue weighted by Crippen LogP contribution is 2.43. The van der Waals surface area contributed by atoms with Gasteiger partial charge in [0.05, 0.1) is 38.1 Å². The molecule has 2 aromatic carbocycles. The van der Waals surface area contributed by atoms with Crippen LogP contribution < -0.4 is 4.74 Å². The van der Waals surface area contributed by atoms with Crippen molar-refractivity contribution in [1.82, 2.24) is 14.3 Å². The summed E-state index contributed by atoms with van der Waals surface area (Å²) in [5.74, 6) is -2.24. The molecule has 0 atom stereocenters. The third kappa shape index (κ3) is 3.83. The molecule has 0 aliphatic heterocycles. The number of benzene rings is 2. The summed E-state index contributed by atoms with van der Waals surface area (Å²) >= 11 is 7.02. The minimum Gasteiger partial charge on any atom is -0.423 e. The molecule has 1 aliphatic rings. The molecule has 0 spiro atoms. The third-order valence-electron chi connectivity index (χ3n) is 5.54. The Morgan fingerprint density at radius 1 is 1.29 bits per heavy atom. The summed E-state index contributed by atoms with van der Waals surface area (Å²) in [7, 11) is 0. The Labute approximate surface area is 202 Å². The van der Waals surface area contributed by atoms with Gasteiger partial charge < -0.3 is 4.74 Å². The molecule has 172 valence electrons. The predicted molar refractivity (Wildman–Crippen MR) is 123 cm³/mol. The Morgan fingerprint density at radius 2 is 2.09 bits per heavy atom. The molecule has 0 N–H and O–H groups in total. The Hall–Kier alpha value is -3.35. The monoisotopic (exact) mass is 498 g/mol. The molecule has 6 nitrogen and oxygen atoms in total. The first-order valence-electron chi connectivity index (χ1n) is 10.6. The Kier molecular flexibility index (Phi) is 5.80. The van der Waals surface area contributed by atoms with Crippen LogP contribution in [-0.2, 0) is 11.3 Å². The summed E-state index contributed by atoms with van der Waals surface area (Å²) in [5.41, 5.74) is 0.680. The van der Waals surface area contributed by atoms with E-state index in [1.165, 1.54) is 29.0 Å². The largest absolute Gasteiger partial charge is 0.423 e. The van der Waals surface area contributed by atoms with Crippen LogP contribution in [0.15, 0.2) is 52.5 Å². The van der Waals surface area contributed by atoms with Crippen LogP contribution in [0.1, 0.15) is 25.5 Å². The van der Waals surface area contributed by atoms with Gasteiger partial charge in [-0.15, -0.1) is 0 Å². The van der Waals surface area contributed by atoms with Crippen LogP contribution in [0.5, 0.6) is 5.75 Å². The standard InChI is InChI=1S/C24H17ClF2N4O2S/c1-2-30-12-14(11-29-30)31-17(10-28)23(15-8-9-16(25)20(26)22(15)31)34-19-5-3-4-18(21(19)27)33-24(32)13-6-7-13/h3-5,8-9,11-13H,2,6-7H2,1H3. The SMILES string of the molecule is CCn1cc(-n2c(C#N)c(Sc3cccc(OC(=O)C4CC4)c3F)c3ccc(Cl)c(F)c32)cn1. The topological polar surface area (TPSA) is 72.8 Å². The minimum atomic E-state index is -0.723. The molecule has 0 bridgehead atoms. The molecule has 5 rings (SSSR count). The molecule has 1 saturated carbocycles. The number of fused-ring (bicyclic) bond motifs is 1. The number of rotatable bonds is 6. The second-order valence-electron chi connectivity index (χ2n) is 7.80. The Balaban J connectivity index is 1.66. The van der Waals surface area contributed by atoms with Gasteiger partial charge in [-0.1, -0.05) is 29.4 Å². The van der Waals surface area contributed by atoms with E-state index in [0.717, 1.165) is 24.6 Å². The molecule has 0 amide bonds. The van der Waals surface area contributed by atoms with E-state index in [4.69, 9.17) is 16.3 Å². The number of hydrogen-bond acceptors (Lipinski definition) is 5. The van der Waals surface area contributed by atoms with E-state index in [1.54, 1.807) is 23.0 Å². The fourth-order valence-electron chi connectivity index (χ4n) is 3.66. The molecular formula is C24H17ClF2N4O2S. The first-order chi connectivity index (χ1) is 16.4. The average Bonchev–Trinajstić information content (AvgIpc) is 3.50. The van der Waals surface area contributed by atoms with Crippen molar-refractivity contribution >= 4 is 40.2 Å². The zero-order valence-corrected chi connectivity index (χ0v) is 19.5. The fraction of sp³-hybridized carbons (Fsp3) is 0.208. The van der Waals surface area contributed by atoms with Gasteiger partial charge in [0.15, 0.2) is 17.4 Å². The normalized spacial score (nSPS) is 13.3. The second kappa shape index (κ2) is 8.78. The van der Waals surface area contributed by atoms with Gasteiger partial charge in [0.2, 0.25) is 0 Å². The summed E-state index contributed by atoms with van der Waals surface area (Å²) < 4.78 is 38.8. The quantitative estimate of drug-likeness (QED) is 0.236. The van der Waals surface area contributed by atoms with E-state index in [1.807, 2.05) is 6.92 Å².